The predicted octanol–water partition coefficient (Wildman–Crippen LogP) is 3.67. The minimum atomic E-state index is 0.562. The molecule has 0 spiro atoms. The smallest absolute Gasteiger partial charge is 0.147 e. The molecule has 1 fully saturated rings. The average molecular weight is 349 g/mol. The van der Waals surface area contributed by atoms with E-state index in [1.165, 1.54) is 11.5 Å². The molecule has 1 aromatic rings. The molecule has 0 unspecified atom stereocenters. The zero-order valence-corrected chi connectivity index (χ0v) is 14.6. The van der Waals surface area contributed by atoms with E-state index in [9.17, 15) is 0 Å². The van der Waals surface area contributed by atoms with Crippen molar-refractivity contribution in [3.8, 4) is 0 Å². The number of halogens is 2. The topological polar surface area (TPSA) is 40.2 Å². The largest absolute Gasteiger partial charge is 0.369 e. The molecule has 0 aliphatic carbocycles. The molecule has 0 radical (unpaired) electrons. The van der Waals surface area contributed by atoms with Gasteiger partial charge < -0.3 is 10.6 Å². The molecule has 7 heteroatoms. The Kier molecular flexibility index (Phi) is 7.23. The first-order valence-corrected chi connectivity index (χ1v) is 9.25. The molecule has 1 aliphatic heterocycles. The van der Waals surface area contributed by atoms with E-state index in [4.69, 9.17) is 23.2 Å². The van der Waals surface area contributed by atoms with Gasteiger partial charge in [-0.15, -0.1) is 0 Å². The molecule has 4 nitrogen and oxygen atoms in total. The van der Waals surface area contributed by atoms with Gasteiger partial charge in [0.05, 0.1) is 10.0 Å². The van der Waals surface area contributed by atoms with Gasteiger partial charge in [0.25, 0.3) is 0 Å². The second-order valence-electron chi connectivity index (χ2n) is 4.96. The summed E-state index contributed by atoms with van der Waals surface area (Å²) in [4.78, 5) is 6.95. The predicted molar refractivity (Wildman–Crippen MR) is 95.3 cm³/mol. The van der Waals surface area contributed by atoms with E-state index in [-0.39, 0.29) is 0 Å². The summed E-state index contributed by atoms with van der Waals surface area (Å²) in [5.74, 6) is 3.85. The summed E-state index contributed by atoms with van der Waals surface area (Å²) >= 11 is 14.4. The van der Waals surface area contributed by atoms with Crippen LogP contribution in [0.2, 0.25) is 10.0 Å². The van der Waals surface area contributed by atoms with Crippen LogP contribution in [0.15, 0.2) is 6.07 Å². The van der Waals surface area contributed by atoms with Gasteiger partial charge in [-0.25, -0.2) is 4.98 Å². The summed E-state index contributed by atoms with van der Waals surface area (Å²) < 4.78 is 0. The lowest BCUT2D eigenvalue weighted by Gasteiger charge is -2.26. The molecule has 1 aromatic heterocycles. The highest BCUT2D eigenvalue weighted by Gasteiger charge is 2.11. The Morgan fingerprint density at radius 3 is 2.38 bits per heavy atom. The number of thioether (sulfide) groups is 1. The fourth-order valence-electron chi connectivity index (χ4n) is 2.12. The van der Waals surface area contributed by atoms with Crippen LogP contribution in [-0.2, 0) is 0 Å². The Labute approximate surface area is 141 Å². The van der Waals surface area contributed by atoms with Gasteiger partial charge in [-0.3, -0.25) is 4.90 Å². The highest BCUT2D eigenvalue weighted by atomic mass is 35.5. The lowest BCUT2D eigenvalue weighted by molar-refractivity contribution is 0.314. The summed E-state index contributed by atoms with van der Waals surface area (Å²) in [7, 11) is 0. The minimum absolute atomic E-state index is 0.562. The van der Waals surface area contributed by atoms with Crippen LogP contribution in [0, 0.1) is 0 Å². The molecular formula is C14H22Cl2N4S. The van der Waals surface area contributed by atoms with E-state index in [0.717, 1.165) is 39.1 Å². The number of hydrogen-bond donors (Lipinski definition) is 2. The van der Waals surface area contributed by atoms with Gasteiger partial charge in [0.1, 0.15) is 11.6 Å². The molecule has 0 atom stereocenters. The van der Waals surface area contributed by atoms with Crippen molar-refractivity contribution in [2.24, 2.45) is 0 Å². The number of anilines is 2. The summed E-state index contributed by atoms with van der Waals surface area (Å²) in [6.45, 7) is 7.13. The first kappa shape index (κ1) is 17.0. The van der Waals surface area contributed by atoms with Crippen molar-refractivity contribution >= 4 is 46.6 Å². The van der Waals surface area contributed by atoms with Gasteiger partial charge in [0, 0.05) is 44.2 Å². The first-order chi connectivity index (χ1) is 10.2. The van der Waals surface area contributed by atoms with Crippen LogP contribution in [0.3, 0.4) is 0 Å². The maximum Gasteiger partial charge on any atom is 0.147 e. The molecule has 21 heavy (non-hydrogen) atoms. The molecule has 1 aliphatic rings. The van der Waals surface area contributed by atoms with Gasteiger partial charge >= 0.3 is 0 Å². The van der Waals surface area contributed by atoms with Crippen molar-refractivity contribution in [3.05, 3.63) is 16.1 Å². The van der Waals surface area contributed by atoms with E-state index in [0.29, 0.717) is 21.7 Å². The van der Waals surface area contributed by atoms with Crippen LogP contribution >= 0.6 is 35.0 Å². The summed E-state index contributed by atoms with van der Waals surface area (Å²) in [6.07, 6.45) is 1.02. The molecule has 2 N–H and O–H groups in total. The molecule has 2 rings (SSSR count). The number of pyridine rings is 1. The van der Waals surface area contributed by atoms with Gasteiger partial charge in [-0.2, -0.15) is 11.8 Å². The maximum atomic E-state index is 6.20. The van der Waals surface area contributed by atoms with Crippen LogP contribution in [0.4, 0.5) is 11.6 Å². The summed E-state index contributed by atoms with van der Waals surface area (Å²) in [6, 6.07) is 1.74. The standard InChI is InChI=1S/C14H22Cl2N4S/c1-2-3-17-13-11(15)10-12(16)14(19-13)18-4-5-20-6-8-21-9-7-20/h10H,2-9H2,1H3,(H2,17,18,19). The van der Waals surface area contributed by atoms with Crippen molar-refractivity contribution in [2.45, 2.75) is 13.3 Å². The number of nitrogens with zero attached hydrogens (tertiary/aromatic N) is 2. The quantitative estimate of drug-likeness (QED) is 0.786. The average Bonchev–Trinajstić information content (AvgIpc) is 2.49. The van der Waals surface area contributed by atoms with Crippen LogP contribution in [0.5, 0.6) is 0 Å². The fraction of sp³-hybridized carbons (Fsp3) is 0.643. The van der Waals surface area contributed by atoms with E-state index in [1.54, 1.807) is 6.07 Å². The van der Waals surface area contributed by atoms with Crippen LogP contribution in [0.25, 0.3) is 0 Å². The fourth-order valence-corrected chi connectivity index (χ4v) is 3.59. The molecule has 1 saturated heterocycles. The molecule has 0 aromatic carbocycles. The van der Waals surface area contributed by atoms with Crippen molar-refractivity contribution < 1.29 is 0 Å². The SMILES string of the molecule is CCCNc1nc(NCCN2CCSCC2)c(Cl)cc1Cl. The Morgan fingerprint density at radius 2 is 1.76 bits per heavy atom. The number of nitrogens with one attached hydrogen (secondary N) is 2. The molecule has 0 amide bonds. The van der Waals surface area contributed by atoms with Crippen molar-refractivity contribution in [2.75, 3.05) is 54.9 Å². The third kappa shape index (κ3) is 5.40. The Morgan fingerprint density at radius 1 is 1.14 bits per heavy atom. The Hall–Kier alpha value is -0.360. The Balaban J connectivity index is 1.88. The third-order valence-electron chi connectivity index (χ3n) is 3.30. The maximum absolute atomic E-state index is 6.20. The van der Waals surface area contributed by atoms with Crippen LogP contribution < -0.4 is 10.6 Å². The highest BCUT2D eigenvalue weighted by molar-refractivity contribution is 7.99. The molecule has 118 valence electrons. The zero-order valence-electron chi connectivity index (χ0n) is 12.3. The van der Waals surface area contributed by atoms with E-state index in [2.05, 4.69) is 27.4 Å². The van der Waals surface area contributed by atoms with E-state index < -0.39 is 0 Å². The summed E-state index contributed by atoms with van der Waals surface area (Å²) in [5, 5.41) is 7.66. The lowest BCUT2D eigenvalue weighted by atomic mass is 10.4. The number of hydrogen-bond acceptors (Lipinski definition) is 5. The van der Waals surface area contributed by atoms with Crippen molar-refractivity contribution in [1.82, 2.24) is 9.88 Å². The highest BCUT2D eigenvalue weighted by Crippen LogP contribution is 2.29. The number of rotatable bonds is 7. The van der Waals surface area contributed by atoms with Crippen LogP contribution in [-0.4, -0.2) is 54.1 Å². The third-order valence-corrected chi connectivity index (χ3v) is 4.81. The van der Waals surface area contributed by atoms with E-state index in [1.807, 2.05) is 11.8 Å². The Bertz CT molecular complexity index is 453. The molecule has 2 heterocycles. The zero-order chi connectivity index (χ0) is 15.1. The summed E-state index contributed by atoms with van der Waals surface area (Å²) in [5.41, 5.74) is 0. The van der Waals surface area contributed by atoms with E-state index >= 15 is 0 Å². The van der Waals surface area contributed by atoms with Gasteiger partial charge in [0.2, 0.25) is 0 Å². The van der Waals surface area contributed by atoms with Crippen molar-refractivity contribution in [1.29, 1.82) is 0 Å². The van der Waals surface area contributed by atoms with Gasteiger partial charge in [-0.05, 0) is 12.5 Å². The lowest BCUT2D eigenvalue weighted by Crippen LogP contribution is -2.36. The van der Waals surface area contributed by atoms with Crippen LogP contribution in [0.1, 0.15) is 13.3 Å². The van der Waals surface area contributed by atoms with Gasteiger partial charge in [0.15, 0.2) is 0 Å². The molecule has 0 bridgehead atoms. The first-order valence-electron chi connectivity index (χ1n) is 7.34. The monoisotopic (exact) mass is 348 g/mol. The minimum Gasteiger partial charge on any atom is -0.369 e. The molecular weight excluding hydrogens is 327 g/mol. The number of aromatic nitrogens is 1. The second kappa shape index (κ2) is 8.93. The molecule has 0 saturated carbocycles. The van der Waals surface area contributed by atoms with Crippen molar-refractivity contribution in [3.63, 3.8) is 0 Å². The van der Waals surface area contributed by atoms with Gasteiger partial charge in [-0.1, -0.05) is 30.1 Å². The normalized spacial score (nSPS) is 16.0. The second-order valence-corrected chi connectivity index (χ2v) is 7.00.